The van der Waals surface area contributed by atoms with Crippen molar-refractivity contribution in [2.75, 3.05) is 29.5 Å². The third-order valence-corrected chi connectivity index (χ3v) is 5.41. The van der Waals surface area contributed by atoms with Crippen LogP contribution >= 0.6 is 0 Å². The van der Waals surface area contributed by atoms with Gasteiger partial charge in [-0.2, -0.15) is 13.2 Å². The number of aromatic nitrogens is 2. The first-order valence-corrected chi connectivity index (χ1v) is 10.5. The van der Waals surface area contributed by atoms with Crippen molar-refractivity contribution in [2.24, 2.45) is 0 Å². The zero-order chi connectivity index (χ0) is 24.3. The molecule has 1 aliphatic heterocycles. The Bertz CT molecular complexity index is 1210. The van der Waals surface area contributed by atoms with Crippen molar-refractivity contribution in [3.63, 3.8) is 0 Å². The lowest BCUT2D eigenvalue weighted by atomic mass is 10.0. The third-order valence-electron chi connectivity index (χ3n) is 5.41. The summed E-state index contributed by atoms with van der Waals surface area (Å²) in [5.74, 6) is -0.0465. The Morgan fingerprint density at radius 1 is 1.12 bits per heavy atom. The maximum atomic E-state index is 12.9. The second-order valence-corrected chi connectivity index (χ2v) is 7.80. The number of nitrogens with zero attached hydrogens (tertiary/aromatic N) is 2. The Kier molecular flexibility index (Phi) is 6.46. The molecular formula is C23H22F3N7O. The van der Waals surface area contributed by atoms with E-state index in [1.807, 2.05) is 0 Å². The monoisotopic (exact) mass is 469 g/mol. The minimum absolute atomic E-state index is 0.0994. The number of halogens is 3. The summed E-state index contributed by atoms with van der Waals surface area (Å²) in [5, 5.41) is 17.8. The molecule has 0 aliphatic carbocycles. The molecule has 8 nitrogen and oxygen atoms in total. The lowest BCUT2D eigenvalue weighted by Crippen LogP contribution is -2.25. The van der Waals surface area contributed by atoms with Crippen LogP contribution in [0.5, 0.6) is 0 Å². The Morgan fingerprint density at radius 3 is 2.56 bits per heavy atom. The van der Waals surface area contributed by atoms with Crippen molar-refractivity contribution < 1.29 is 18.0 Å². The third kappa shape index (κ3) is 5.15. The molecule has 1 fully saturated rings. The van der Waals surface area contributed by atoms with E-state index in [1.54, 1.807) is 24.3 Å². The van der Waals surface area contributed by atoms with Crippen LogP contribution in [0, 0.1) is 5.41 Å². The van der Waals surface area contributed by atoms with Crippen LogP contribution in [0.2, 0.25) is 0 Å². The van der Waals surface area contributed by atoms with Crippen LogP contribution in [-0.4, -0.2) is 40.7 Å². The summed E-state index contributed by atoms with van der Waals surface area (Å²) in [6, 6.07) is 10.7. The Balaban J connectivity index is 1.50. The average Bonchev–Trinajstić information content (AvgIpc) is 3.32. The van der Waals surface area contributed by atoms with Gasteiger partial charge in [-0.25, -0.2) is 9.97 Å². The molecule has 0 radical (unpaired) electrons. The number of carbonyl (C=O) groups excluding carboxylic acids is 1. The largest absolute Gasteiger partial charge is 0.416 e. The zero-order valence-electron chi connectivity index (χ0n) is 17.9. The van der Waals surface area contributed by atoms with Crippen LogP contribution in [0.3, 0.4) is 0 Å². The van der Waals surface area contributed by atoms with Crippen LogP contribution < -0.4 is 21.7 Å². The Hall–Kier alpha value is -3.99. The number of carbonyl (C=O) groups is 1. The van der Waals surface area contributed by atoms with Gasteiger partial charge in [-0.15, -0.1) is 0 Å². The highest BCUT2D eigenvalue weighted by Gasteiger charge is 2.31. The number of hydrogen-bond donors (Lipinski definition) is 5. The smallest absolute Gasteiger partial charge is 0.383 e. The number of nitrogens with one attached hydrogen (secondary N) is 4. The van der Waals surface area contributed by atoms with E-state index in [0.29, 0.717) is 22.6 Å². The Labute approximate surface area is 193 Å². The maximum absolute atomic E-state index is 12.9. The molecule has 2 heterocycles. The summed E-state index contributed by atoms with van der Waals surface area (Å²) >= 11 is 0. The maximum Gasteiger partial charge on any atom is 0.416 e. The van der Waals surface area contributed by atoms with E-state index in [0.717, 1.165) is 31.6 Å². The second kappa shape index (κ2) is 9.48. The number of amides is 1. The summed E-state index contributed by atoms with van der Waals surface area (Å²) in [4.78, 5) is 20.7. The van der Waals surface area contributed by atoms with Gasteiger partial charge in [0.1, 0.15) is 18.0 Å². The summed E-state index contributed by atoms with van der Waals surface area (Å²) < 4.78 is 38.7. The fourth-order valence-corrected chi connectivity index (χ4v) is 3.63. The van der Waals surface area contributed by atoms with Crippen LogP contribution in [0.1, 0.15) is 33.5 Å². The summed E-state index contributed by atoms with van der Waals surface area (Å²) in [6.45, 7) is 1.66. The predicted octanol–water partition coefficient (Wildman–Crippen LogP) is 3.52. The van der Waals surface area contributed by atoms with Crippen molar-refractivity contribution >= 4 is 28.9 Å². The van der Waals surface area contributed by atoms with Crippen molar-refractivity contribution in [3.05, 3.63) is 77.1 Å². The first kappa shape index (κ1) is 23.2. The molecule has 6 N–H and O–H groups in total. The SMILES string of the molecule is N=C(c1ccc(NC(=O)c2cccc(C(F)(F)F)c2)cc1)c1c(N)ncnc1NC1CCNC1. The van der Waals surface area contributed by atoms with E-state index < -0.39 is 17.6 Å². The molecule has 34 heavy (non-hydrogen) atoms. The molecule has 1 aliphatic rings. The molecule has 4 rings (SSSR count). The normalized spacial score (nSPS) is 15.7. The number of rotatable bonds is 6. The van der Waals surface area contributed by atoms with E-state index in [2.05, 4.69) is 25.9 Å². The standard InChI is InChI=1S/C23H22F3N7O/c24-23(25,26)15-3-1-2-14(10-15)22(34)33-16-6-4-13(5-7-16)19(27)18-20(28)30-12-31-21(18)32-17-8-9-29-11-17/h1-7,10,12,17,27,29H,8-9,11H2,(H,33,34)(H3,28,30,31,32). The molecule has 3 aromatic rings. The van der Waals surface area contributed by atoms with Crippen molar-refractivity contribution in [1.29, 1.82) is 5.41 Å². The second-order valence-electron chi connectivity index (χ2n) is 7.80. The number of hydrogen-bond acceptors (Lipinski definition) is 7. The molecule has 176 valence electrons. The summed E-state index contributed by atoms with van der Waals surface area (Å²) in [5.41, 5.74) is 6.38. The molecule has 0 saturated carbocycles. The van der Waals surface area contributed by atoms with Gasteiger partial charge >= 0.3 is 6.18 Å². The minimum atomic E-state index is -4.54. The average molecular weight is 469 g/mol. The van der Waals surface area contributed by atoms with Crippen molar-refractivity contribution in [3.8, 4) is 0 Å². The quantitative estimate of drug-likeness (QED) is 0.352. The molecular weight excluding hydrogens is 447 g/mol. The minimum Gasteiger partial charge on any atom is -0.383 e. The van der Waals surface area contributed by atoms with Gasteiger partial charge in [0, 0.05) is 29.4 Å². The summed E-state index contributed by atoms with van der Waals surface area (Å²) in [6.07, 6.45) is -2.29. The van der Waals surface area contributed by atoms with Gasteiger partial charge in [0.2, 0.25) is 0 Å². The zero-order valence-corrected chi connectivity index (χ0v) is 17.9. The molecule has 1 amide bonds. The first-order valence-electron chi connectivity index (χ1n) is 10.5. The predicted molar refractivity (Wildman–Crippen MR) is 123 cm³/mol. The molecule has 1 saturated heterocycles. The molecule has 0 spiro atoms. The van der Waals surface area contributed by atoms with E-state index >= 15 is 0 Å². The van der Waals surface area contributed by atoms with E-state index in [-0.39, 0.29) is 23.1 Å². The Morgan fingerprint density at radius 2 is 1.88 bits per heavy atom. The van der Waals surface area contributed by atoms with Crippen LogP contribution in [0.25, 0.3) is 0 Å². The molecule has 1 atom stereocenters. The molecule has 11 heteroatoms. The number of benzene rings is 2. The van der Waals surface area contributed by atoms with Gasteiger partial charge in [0.25, 0.3) is 5.91 Å². The van der Waals surface area contributed by atoms with E-state index in [1.165, 1.54) is 18.5 Å². The van der Waals surface area contributed by atoms with Crippen LogP contribution in [0.4, 0.5) is 30.5 Å². The van der Waals surface area contributed by atoms with Crippen molar-refractivity contribution in [2.45, 2.75) is 18.6 Å². The highest BCUT2D eigenvalue weighted by molar-refractivity contribution is 6.16. The van der Waals surface area contributed by atoms with Crippen LogP contribution in [-0.2, 0) is 6.18 Å². The summed E-state index contributed by atoms with van der Waals surface area (Å²) in [7, 11) is 0. The molecule has 1 unspecified atom stereocenters. The van der Waals surface area contributed by atoms with E-state index in [9.17, 15) is 18.0 Å². The van der Waals surface area contributed by atoms with Gasteiger partial charge in [0.15, 0.2) is 0 Å². The van der Waals surface area contributed by atoms with Gasteiger partial charge in [-0.05, 0) is 43.3 Å². The van der Waals surface area contributed by atoms with Gasteiger partial charge in [-0.3, -0.25) is 10.2 Å². The lowest BCUT2D eigenvalue weighted by Gasteiger charge is -2.17. The fourth-order valence-electron chi connectivity index (χ4n) is 3.63. The number of nitrogens with two attached hydrogens (primary N) is 1. The van der Waals surface area contributed by atoms with Crippen molar-refractivity contribution in [1.82, 2.24) is 15.3 Å². The molecule has 0 bridgehead atoms. The lowest BCUT2D eigenvalue weighted by molar-refractivity contribution is -0.137. The first-order chi connectivity index (χ1) is 16.2. The number of anilines is 3. The van der Waals surface area contributed by atoms with Gasteiger partial charge in [0.05, 0.1) is 16.8 Å². The fraction of sp³-hybridized carbons (Fsp3) is 0.217. The topological polar surface area (TPSA) is 129 Å². The van der Waals surface area contributed by atoms with E-state index in [4.69, 9.17) is 11.1 Å². The highest BCUT2D eigenvalue weighted by Crippen LogP contribution is 2.30. The van der Waals surface area contributed by atoms with Gasteiger partial charge < -0.3 is 21.7 Å². The van der Waals surface area contributed by atoms with Gasteiger partial charge in [-0.1, -0.05) is 18.2 Å². The molecule has 1 aromatic heterocycles. The number of nitrogen functional groups attached to an aromatic ring is 1. The molecule has 2 aromatic carbocycles. The highest BCUT2D eigenvalue weighted by atomic mass is 19.4. The van der Waals surface area contributed by atoms with Crippen LogP contribution in [0.15, 0.2) is 54.9 Å². The number of alkyl halides is 3.